The van der Waals surface area contributed by atoms with Gasteiger partial charge in [-0.05, 0) is 69.5 Å². The zero-order valence-electron chi connectivity index (χ0n) is 25.4. The number of amides is 2. The van der Waals surface area contributed by atoms with Crippen molar-refractivity contribution in [1.82, 2.24) is 14.8 Å². The molecule has 11 nitrogen and oxygen atoms in total. The first-order chi connectivity index (χ1) is 20.9. The molecule has 4 heterocycles. The fourth-order valence-electron chi connectivity index (χ4n) is 5.71. The van der Waals surface area contributed by atoms with Gasteiger partial charge >= 0.3 is 11.8 Å². The van der Waals surface area contributed by atoms with E-state index in [0.29, 0.717) is 50.5 Å². The summed E-state index contributed by atoms with van der Waals surface area (Å²) in [6.07, 6.45) is 0.920. The molecule has 2 aliphatic heterocycles. The van der Waals surface area contributed by atoms with Crippen LogP contribution in [0.15, 0.2) is 39.5 Å². The predicted molar refractivity (Wildman–Crippen MR) is 165 cm³/mol. The Morgan fingerprint density at radius 3 is 2.77 bits per heavy atom. The Morgan fingerprint density at radius 2 is 2.05 bits per heavy atom. The predicted octanol–water partition coefficient (Wildman–Crippen LogP) is 3.82. The number of nitriles is 1. The van der Waals surface area contributed by atoms with Crippen LogP contribution < -0.4 is 11.1 Å². The number of benzene rings is 1. The van der Waals surface area contributed by atoms with Crippen molar-refractivity contribution in [1.29, 1.82) is 5.26 Å². The lowest BCUT2D eigenvalue weighted by Gasteiger charge is -2.38. The molecule has 2 amide bonds. The number of likely N-dealkylation sites (tertiary alicyclic amines) is 1. The first-order valence-electron chi connectivity index (χ1n) is 14.8. The molecule has 2 aromatic heterocycles. The molecule has 13 heteroatoms. The number of hydrogen-bond acceptors (Lipinski definition) is 9. The molecule has 1 N–H and O–H groups in total. The smallest absolute Gasteiger partial charge is 0.420 e. The van der Waals surface area contributed by atoms with Crippen LogP contribution in [0.1, 0.15) is 45.4 Å². The number of oxazole rings is 1. The number of nitrogens with one attached hydrogen (secondary N) is 1. The topological polar surface area (TPSA) is 136 Å². The van der Waals surface area contributed by atoms with Gasteiger partial charge in [0.15, 0.2) is 5.58 Å². The van der Waals surface area contributed by atoms with Crippen LogP contribution in [0.25, 0.3) is 21.5 Å². The summed E-state index contributed by atoms with van der Waals surface area (Å²) in [5.41, 5.74) is 1.35. The highest BCUT2D eigenvalue weighted by Gasteiger charge is 2.58. The van der Waals surface area contributed by atoms with Crippen LogP contribution in [-0.4, -0.2) is 81.0 Å². The molecule has 0 unspecified atom stereocenters. The maximum atomic E-state index is 13.7. The molecule has 0 spiro atoms. The van der Waals surface area contributed by atoms with Crippen LogP contribution in [-0.2, 0) is 32.0 Å². The van der Waals surface area contributed by atoms with Gasteiger partial charge in [0.05, 0.1) is 54.2 Å². The van der Waals surface area contributed by atoms with Gasteiger partial charge in [0.1, 0.15) is 16.8 Å². The maximum Gasteiger partial charge on any atom is 0.420 e. The van der Waals surface area contributed by atoms with Crippen LogP contribution in [0, 0.1) is 17.2 Å². The third kappa shape index (κ3) is 6.63. The van der Waals surface area contributed by atoms with Gasteiger partial charge in [0, 0.05) is 28.7 Å². The van der Waals surface area contributed by atoms with E-state index in [9.17, 15) is 19.6 Å². The van der Waals surface area contributed by atoms with Gasteiger partial charge in [-0.3, -0.25) is 14.3 Å². The molecular weight excluding hydrogens is 601 g/mol. The van der Waals surface area contributed by atoms with E-state index in [-0.39, 0.29) is 18.4 Å². The third-order valence-corrected chi connectivity index (χ3v) is 9.55. The summed E-state index contributed by atoms with van der Waals surface area (Å²) in [7, 11) is 3.65. The minimum absolute atomic E-state index is 0.0287. The van der Waals surface area contributed by atoms with Crippen molar-refractivity contribution < 1.29 is 28.2 Å². The number of fused-ring (bicyclic) bond motifs is 2. The van der Waals surface area contributed by atoms with Gasteiger partial charge in [0.2, 0.25) is 5.91 Å². The van der Waals surface area contributed by atoms with E-state index in [0.717, 1.165) is 21.7 Å². The SMILES string of the molecule is CCCOCCn1c(=O)oc2ccc(-c3ccc(C[C@@H](C#N)NC(=O)[C@]4([Si])C[C@@H]5COC[C@@H]5N4C(=O)OC(C)(C)C)s3)cc21. The molecule has 0 bridgehead atoms. The van der Waals surface area contributed by atoms with Crippen LogP contribution in [0.3, 0.4) is 0 Å². The number of ether oxygens (including phenoxy) is 3. The maximum absolute atomic E-state index is 13.7. The standard InChI is InChI=1S/C31H37N4O7SSi/c1-5-11-39-12-10-34-23-13-19(6-8-25(23)41-28(34)37)26-9-7-22(43-26)14-21(16-32)33-27(36)31(44)15-20-17-40-18-24(20)35(31)29(38)42-30(2,3)4/h6-9,13,20-21,24H,5,10-12,14-15,17-18H2,1-4H3,(H,33,36)/t20-,21+,24+,31-/m1/s1. The molecule has 3 radical (unpaired) electrons. The van der Waals surface area contributed by atoms with E-state index in [4.69, 9.17) is 18.6 Å². The normalized spacial score (nSPS) is 22.1. The van der Waals surface area contributed by atoms with Crippen LogP contribution in [0.4, 0.5) is 4.79 Å². The second-order valence-electron chi connectivity index (χ2n) is 12.2. The first kappa shape index (κ1) is 32.0. The zero-order valence-corrected chi connectivity index (χ0v) is 27.2. The zero-order chi connectivity index (χ0) is 31.6. The van der Waals surface area contributed by atoms with Gasteiger partial charge in [0.25, 0.3) is 0 Å². The Bertz CT molecular complexity index is 1620. The number of thiophene rings is 1. The van der Waals surface area contributed by atoms with Gasteiger partial charge in [-0.1, -0.05) is 6.92 Å². The van der Waals surface area contributed by atoms with E-state index in [2.05, 4.69) is 21.6 Å². The van der Waals surface area contributed by atoms with Crippen molar-refractivity contribution in [3.8, 4) is 16.5 Å². The summed E-state index contributed by atoms with van der Waals surface area (Å²) < 4.78 is 23.8. The molecule has 2 aliphatic rings. The van der Waals surface area contributed by atoms with Crippen molar-refractivity contribution in [3.63, 3.8) is 0 Å². The van der Waals surface area contributed by atoms with E-state index < -0.39 is 34.6 Å². The van der Waals surface area contributed by atoms with Gasteiger partial charge in [-0.25, -0.2) is 9.59 Å². The Labute approximate surface area is 263 Å². The van der Waals surface area contributed by atoms with Gasteiger partial charge in [-0.2, -0.15) is 5.26 Å². The molecule has 5 rings (SSSR count). The molecule has 1 aromatic carbocycles. The van der Waals surface area contributed by atoms with E-state index >= 15 is 0 Å². The number of aromatic nitrogens is 1. The lowest BCUT2D eigenvalue weighted by Crippen LogP contribution is -2.62. The third-order valence-electron chi connectivity index (χ3n) is 7.72. The number of hydrogen-bond donors (Lipinski definition) is 1. The summed E-state index contributed by atoms with van der Waals surface area (Å²) in [6, 6.07) is 10.5. The Balaban J connectivity index is 1.29. The largest absolute Gasteiger partial charge is 0.444 e. The molecule has 4 atom stereocenters. The number of carbonyl (C=O) groups excluding carboxylic acids is 2. The van der Waals surface area contributed by atoms with Crippen molar-refractivity contribution in [2.45, 2.75) is 76.3 Å². The average Bonchev–Trinajstić information content (AvgIpc) is 3.72. The Morgan fingerprint density at radius 1 is 1.25 bits per heavy atom. The summed E-state index contributed by atoms with van der Waals surface area (Å²) >= 11 is 1.50. The lowest BCUT2D eigenvalue weighted by atomic mass is 10.0. The highest BCUT2D eigenvalue weighted by Crippen LogP contribution is 2.41. The van der Waals surface area contributed by atoms with E-state index in [1.54, 1.807) is 31.4 Å². The molecule has 2 saturated heterocycles. The number of carbonyl (C=O) groups is 2. The molecular formula is C31H37N4O7SSi. The van der Waals surface area contributed by atoms with Crippen LogP contribution in [0.5, 0.6) is 0 Å². The van der Waals surface area contributed by atoms with Crippen LogP contribution in [0.2, 0.25) is 0 Å². The Hall–Kier alpha value is -3.44. The highest BCUT2D eigenvalue weighted by molar-refractivity contribution is 7.15. The van der Waals surface area contributed by atoms with Crippen molar-refractivity contribution in [3.05, 3.63) is 45.8 Å². The molecule has 3 aromatic rings. The quantitative estimate of drug-likeness (QED) is 0.262. The molecule has 44 heavy (non-hydrogen) atoms. The summed E-state index contributed by atoms with van der Waals surface area (Å²) in [5.74, 6) is -0.923. The lowest BCUT2D eigenvalue weighted by molar-refractivity contribution is -0.128. The first-order valence-corrected chi connectivity index (χ1v) is 16.1. The van der Waals surface area contributed by atoms with Crippen molar-refractivity contribution in [2.75, 3.05) is 26.4 Å². The molecule has 0 saturated carbocycles. The molecule has 0 aliphatic carbocycles. The fourth-order valence-corrected chi connectivity index (χ4v) is 7.35. The van der Waals surface area contributed by atoms with E-state index in [1.165, 1.54) is 16.2 Å². The summed E-state index contributed by atoms with van der Waals surface area (Å²) in [4.78, 5) is 42.6. The second kappa shape index (κ2) is 12.9. The second-order valence-corrected chi connectivity index (χ2v) is 14.2. The van der Waals surface area contributed by atoms with Crippen LogP contribution >= 0.6 is 11.3 Å². The minimum atomic E-state index is -1.37. The van der Waals surface area contributed by atoms with Gasteiger partial charge < -0.3 is 23.9 Å². The molecule has 2 fully saturated rings. The van der Waals surface area contributed by atoms with E-state index in [1.807, 2.05) is 31.2 Å². The van der Waals surface area contributed by atoms with Crippen molar-refractivity contribution in [2.24, 2.45) is 5.92 Å². The Kier molecular flexibility index (Phi) is 9.36. The summed E-state index contributed by atoms with van der Waals surface area (Å²) in [5, 5.41) is 11.5. The minimum Gasteiger partial charge on any atom is -0.444 e. The number of rotatable bonds is 10. The fraction of sp³-hybridized carbons (Fsp3) is 0.548. The molecule has 233 valence electrons. The highest BCUT2D eigenvalue weighted by atomic mass is 32.1. The number of nitrogens with zero attached hydrogens (tertiary/aromatic N) is 3. The summed E-state index contributed by atoms with van der Waals surface area (Å²) in [6.45, 7) is 9.54. The van der Waals surface area contributed by atoms with Gasteiger partial charge in [-0.15, -0.1) is 11.3 Å². The van der Waals surface area contributed by atoms with Crippen molar-refractivity contribution >= 4 is 44.7 Å². The average molecular weight is 638 g/mol. The monoisotopic (exact) mass is 637 g/mol.